The molecule has 0 aliphatic carbocycles. The van der Waals surface area contributed by atoms with Gasteiger partial charge in [0.25, 0.3) is 0 Å². The molecule has 1 fully saturated rings. The van der Waals surface area contributed by atoms with Gasteiger partial charge in [0.2, 0.25) is 0 Å². The topological polar surface area (TPSA) is 26.3 Å². The molecule has 1 saturated heterocycles. The van der Waals surface area contributed by atoms with Crippen LogP contribution in [0.3, 0.4) is 0 Å². The first-order valence-corrected chi connectivity index (χ1v) is 4.72. The molecule has 0 spiro atoms. The van der Waals surface area contributed by atoms with Gasteiger partial charge in [0.1, 0.15) is 6.61 Å². The SMILES string of the molecule is C/C=C1/COCC(=O)/C1=C/C.CC. The summed E-state index contributed by atoms with van der Waals surface area (Å²) in [5.74, 6) is 0.0897. The Morgan fingerprint density at radius 1 is 1.15 bits per heavy atom. The maximum Gasteiger partial charge on any atom is 0.188 e. The standard InChI is InChI=1S/C9H12O2.C2H6/c1-3-7-5-11-6-9(10)8(7)4-2;1-2/h3-4H,5-6H2,1-2H3;1-2H3/b7-3-,8-4+;. The average molecular weight is 182 g/mol. The molecule has 0 saturated carbocycles. The van der Waals surface area contributed by atoms with Gasteiger partial charge in [0, 0.05) is 5.57 Å². The van der Waals surface area contributed by atoms with Crippen molar-refractivity contribution < 1.29 is 9.53 Å². The summed E-state index contributed by atoms with van der Waals surface area (Å²) in [6.07, 6.45) is 3.77. The molecule has 0 unspecified atom stereocenters. The van der Waals surface area contributed by atoms with Crippen molar-refractivity contribution in [3.05, 3.63) is 23.3 Å². The van der Waals surface area contributed by atoms with Crippen LogP contribution in [0.1, 0.15) is 27.7 Å². The number of hydrogen-bond acceptors (Lipinski definition) is 2. The van der Waals surface area contributed by atoms with Crippen LogP contribution in [-0.4, -0.2) is 19.0 Å². The van der Waals surface area contributed by atoms with Crippen LogP contribution in [0.2, 0.25) is 0 Å². The molecule has 1 aliphatic heterocycles. The summed E-state index contributed by atoms with van der Waals surface area (Å²) >= 11 is 0. The normalized spacial score (nSPS) is 22.9. The Hall–Kier alpha value is -0.890. The lowest BCUT2D eigenvalue weighted by atomic mass is 10.0. The van der Waals surface area contributed by atoms with Crippen LogP contribution in [0.5, 0.6) is 0 Å². The van der Waals surface area contributed by atoms with E-state index in [1.165, 1.54) is 0 Å². The minimum atomic E-state index is 0.0897. The monoisotopic (exact) mass is 182 g/mol. The van der Waals surface area contributed by atoms with E-state index in [1.54, 1.807) is 0 Å². The van der Waals surface area contributed by atoms with Crippen molar-refractivity contribution in [2.75, 3.05) is 13.2 Å². The molecule has 1 rings (SSSR count). The van der Waals surface area contributed by atoms with E-state index in [4.69, 9.17) is 4.74 Å². The predicted octanol–water partition coefficient (Wildman–Crippen LogP) is 2.50. The number of Topliss-reactive ketones (excluding diaryl/α,β-unsaturated/α-hetero) is 1. The van der Waals surface area contributed by atoms with Crippen LogP contribution in [-0.2, 0) is 9.53 Å². The fraction of sp³-hybridized carbons (Fsp3) is 0.545. The van der Waals surface area contributed by atoms with Crippen molar-refractivity contribution in [3.8, 4) is 0 Å². The first kappa shape index (κ1) is 12.1. The Morgan fingerprint density at radius 2 is 1.77 bits per heavy atom. The van der Waals surface area contributed by atoms with Crippen molar-refractivity contribution >= 4 is 5.78 Å². The average Bonchev–Trinajstić information content (AvgIpc) is 2.20. The second kappa shape index (κ2) is 6.61. The highest BCUT2D eigenvalue weighted by Gasteiger charge is 2.18. The van der Waals surface area contributed by atoms with Gasteiger partial charge in [0.15, 0.2) is 5.78 Å². The van der Waals surface area contributed by atoms with Crippen LogP contribution in [0.25, 0.3) is 0 Å². The van der Waals surface area contributed by atoms with E-state index in [-0.39, 0.29) is 12.4 Å². The molecule has 0 amide bonds. The summed E-state index contributed by atoms with van der Waals surface area (Å²) in [5, 5.41) is 0. The van der Waals surface area contributed by atoms with Gasteiger partial charge in [-0.3, -0.25) is 4.79 Å². The highest BCUT2D eigenvalue weighted by atomic mass is 16.5. The number of hydrogen-bond donors (Lipinski definition) is 0. The van der Waals surface area contributed by atoms with Gasteiger partial charge in [-0.25, -0.2) is 0 Å². The molecule has 0 aromatic rings. The minimum absolute atomic E-state index is 0.0897. The first-order valence-electron chi connectivity index (χ1n) is 4.72. The summed E-state index contributed by atoms with van der Waals surface area (Å²) < 4.78 is 5.06. The third kappa shape index (κ3) is 3.15. The van der Waals surface area contributed by atoms with Crippen LogP contribution >= 0.6 is 0 Å². The summed E-state index contributed by atoms with van der Waals surface area (Å²) in [5.41, 5.74) is 1.82. The van der Waals surface area contributed by atoms with E-state index in [1.807, 2.05) is 39.8 Å². The van der Waals surface area contributed by atoms with Gasteiger partial charge in [0.05, 0.1) is 6.61 Å². The Bertz CT molecular complexity index is 224. The molecule has 2 heteroatoms. The highest BCUT2D eigenvalue weighted by Crippen LogP contribution is 2.16. The van der Waals surface area contributed by atoms with Crippen LogP contribution in [0, 0.1) is 0 Å². The number of ether oxygens (including phenoxy) is 1. The second-order valence-corrected chi connectivity index (χ2v) is 2.43. The summed E-state index contributed by atoms with van der Waals surface area (Å²) in [7, 11) is 0. The third-order valence-corrected chi connectivity index (χ3v) is 1.77. The van der Waals surface area contributed by atoms with Crippen molar-refractivity contribution in [1.29, 1.82) is 0 Å². The molecule has 0 aromatic carbocycles. The van der Waals surface area contributed by atoms with Gasteiger partial charge in [-0.2, -0.15) is 0 Å². The van der Waals surface area contributed by atoms with E-state index in [0.717, 1.165) is 11.1 Å². The van der Waals surface area contributed by atoms with Gasteiger partial charge >= 0.3 is 0 Å². The van der Waals surface area contributed by atoms with E-state index in [0.29, 0.717) is 6.61 Å². The zero-order valence-electron chi connectivity index (χ0n) is 8.89. The fourth-order valence-electron chi connectivity index (χ4n) is 1.17. The Labute approximate surface area is 80.3 Å². The predicted molar refractivity (Wildman–Crippen MR) is 54.7 cm³/mol. The third-order valence-electron chi connectivity index (χ3n) is 1.77. The zero-order valence-corrected chi connectivity index (χ0v) is 8.89. The molecule has 0 N–H and O–H groups in total. The maximum atomic E-state index is 11.2. The smallest absolute Gasteiger partial charge is 0.188 e. The van der Waals surface area contributed by atoms with E-state index in [2.05, 4.69) is 0 Å². The molecule has 74 valence electrons. The number of allylic oxidation sites excluding steroid dienone is 2. The summed E-state index contributed by atoms with van der Waals surface area (Å²) in [4.78, 5) is 11.2. The number of carbonyl (C=O) groups is 1. The lowest BCUT2D eigenvalue weighted by Gasteiger charge is -2.16. The van der Waals surface area contributed by atoms with Crippen molar-refractivity contribution in [2.45, 2.75) is 27.7 Å². The van der Waals surface area contributed by atoms with E-state index < -0.39 is 0 Å². The molecule has 0 radical (unpaired) electrons. The molecule has 13 heavy (non-hydrogen) atoms. The largest absolute Gasteiger partial charge is 0.369 e. The van der Waals surface area contributed by atoms with Gasteiger partial charge in [-0.1, -0.05) is 26.0 Å². The van der Waals surface area contributed by atoms with Gasteiger partial charge < -0.3 is 4.74 Å². The molecule has 2 nitrogen and oxygen atoms in total. The number of carbonyl (C=O) groups excluding carboxylic acids is 1. The highest BCUT2D eigenvalue weighted by molar-refractivity contribution is 6.01. The van der Waals surface area contributed by atoms with Crippen molar-refractivity contribution in [3.63, 3.8) is 0 Å². The Balaban J connectivity index is 0.000000671. The minimum Gasteiger partial charge on any atom is -0.369 e. The van der Waals surface area contributed by atoms with Crippen LogP contribution < -0.4 is 0 Å². The fourth-order valence-corrected chi connectivity index (χ4v) is 1.17. The first-order chi connectivity index (χ1) is 6.29. The molecular weight excluding hydrogens is 164 g/mol. The van der Waals surface area contributed by atoms with Crippen molar-refractivity contribution in [1.82, 2.24) is 0 Å². The quantitative estimate of drug-likeness (QED) is 0.538. The number of ketones is 1. The Kier molecular flexibility index (Phi) is 6.15. The molecular formula is C11H18O2. The van der Waals surface area contributed by atoms with Crippen LogP contribution in [0.4, 0.5) is 0 Å². The lowest BCUT2D eigenvalue weighted by molar-refractivity contribution is -0.120. The van der Waals surface area contributed by atoms with Crippen LogP contribution in [0.15, 0.2) is 23.3 Å². The Morgan fingerprint density at radius 3 is 2.15 bits per heavy atom. The second-order valence-electron chi connectivity index (χ2n) is 2.43. The molecule has 0 aromatic heterocycles. The van der Waals surface area contributed by atoms with E-state index >= 15 is 0 Å². The lowest BCUT2D eigenvalue weighted by Crippen LogP contribution is -2.21. The van der Waals surface area contributed by atoms with Gasteiger partial charge in [-0.05, 0) is 19.4 Å². The molecule has 1 aliphatic rings. The van der Waals surface area contributed by atoms with Crippen molar-refractivity contribution in [2.24, 2.45) is 0 Å². The van der Waals surface area contributed by atoms with Gasteiger partial charge in [-0.15, -0.1) is 0 Å². The summed E-state index contributed by atoms with van der Waals surface area (Å²) in [6.45, 7) is 8.60. The molecule has 1 heterocycles. The zero-order chi connectivity index (χ0) is 10.3. The molecule has 0 atom stereocenters. The maximum absolute atomic E-state index is 11.2. The number of rotatable bonds is 0. The summed E-state index contributed by atoms with van der Waals surface area (Å²) in [6, 6.07) is 0. The molecule has 0 bridgehead atoms. The van der Waals surface area contributed by atoms with E-state index in [9.17, 15) is 4.79 Å².